The Morgan fingerprint density at radius 3 is 0.422 bits per heavy atom. The molecule has 0 saturated carbocycles. The number of ether oxygens (including phenoxy) is 1. The molecule has 0 aliphatic carbocycles. The van der Waals surface area contributed by atoms with Crippen LogP contribution in [-0.2, 0) is 0 Å². The normalized spacial score (nSPS) is 9.66. The summed E-state index contributed by atoms with van der Waals surface area (Å²) < 4.78 is 219. The van der Waals surface area contributed by atoms with Crippen LogP contribution in [0.2, 0.25) is 10.0 Å². The van der Waals surface area contributed by atoms with Crippen molar-refractivity contribution in [3.63, 3.8) is 0 Å². The van der Waals surface area contributed by atoms with Gasteiger partial charge in [0.05, 0.1) is 11.3 Å². The molecule has 0 N–H and O–H groups in total. The van der Waals surface area contributed by atoms with E-state index in [-0.39, 0.29) is 56.4 Å². The quantitative estimate of drug-likeness (QED) is 0.0952. The van der Waals surface area contributed by atoms with Crippen LogP contribution in [0.1, 0.15) is 161 Å². The molecule has 0 unspecified atom stereocenters. The maximum absolute atomic E-state index is 12.9. The first-order valence-electron chi connectivity index (χ1n) is 46.7. The molecule has 0 radical (unpaired) electrons. The van der Waals surface area contributed by atoms with Gasteiger partial charge in [0, 0.05) is 22.3 Å². The second-order valence-electron chi connectivity index (χ2n) is 35.5. The molecule has 0 aliphatic heterocycles. The van der Waals surface area contributed by atoms with Crippen LogP contribution in [0.4, 0.5) is 74.6 Å². The van der Waals surface area contributed by atoms with Gasteiger partial charge < -0.3 is 4.74 Å². The van der Waals surface area contributed by atoms with E-state index >= 15 is 0 Å². The van der Waals surface area contributed by atoms with Crippen LogP contribution in [0, 0.1) is 300 Å². The van der Waals surface area contributed by atoms with E-state index in [0.717, 1.165) is 34.1 Å². The van der Waals surface area contributed by atoms with Crippen molar-refractivity contribution in [2.75, 3.05) is 0 Å². The zero-order chi connectivity index (χ0) is 112. The van der Waals surface area contributed by atoms with Crippen molar-refractivity contribution in [3.05, 3.63) is 568 Å². The molecule has 784 valence electrons. The molecule has 0 atom stereocenters. The Morgan fingerprint density at radius 2 is 0.286 bits per heavy atom. The Hall–Kier alpha value is -13.6. The summed E-state index contributed by atoms with van der Waals surface area (Å²) in [7, 11) is 0. The molecule has 0 amide bonds. The lowest BCUT2D eigenvalue weighted by atomic mass is 10.1. The zero-order valence-corrected chi connectivity index (χ0v) is 91.0. The lowest BCUT2D eigenvalue weighted by Gasteiger charge is -2.03. The molecule has 0 spiro atoms. The number of halogens is 19. The van der Waals surface area contributed by atoms with Gasteiger partial charge in [-0.3, -0.25) is 0 Å². The standard InChI is InChI=1S/C9H8F2O.4C8H8F2.4C8H9F.5C8H10.C7H5ClF2.C7H6ClF/c1-3-12-9-7(10)4-6(2)5-8(9)11;4*1-5-3-7(9)6(2)8(10)4-5;4*1-6-3-4-7(2)8(9)5-6;5*1-7-3-5-8(2)6-4-7;1-4-2-5(9)7(8)6(10)3-4;1-5-2-3-6(8)7(9)4-5/h3-5H,1H2,2H3;4*3-4H,1-2H3;4*3-5H,1-2H3;5*3-6H,1-2H3;2-3H,1H3;2-4H,1H3. The largest absolute Gasteiger partial charge is 0.459 e. The van der Waals surface area contributed by atoms with Crippen molar-refractivity contribution < 1.29 is 79.4 Å². The summed E-state index contributed by atoms with van der Waals surface area (Å²) in [5.41, 5.74) is 24.7. The van der Waals surface area contributed by atoms with Gasteiger partial charge in [0.1, 0.15) is 92.3 Å². The Balaban J connectivity index is 0.000000785. The highest BCUT2D eigenvalue weighted by molar-refractivity contribution is 6.31. The summed E-state index contributed by atoms with van der Waals surface area (Å²) in [4.78, 5) is 0. The molecule has 16 aromatic rings. The van der Waals surface area contributed by atoms with Crippen molar-refractivity contribution in [3.8, 4) is 5.75 Å². The molecule has 0 saturated heterocycles. The van der Waals surface area contributed by atoms with Gasteiger partial charge in [-0.15, -0.1) is 0 Å². The minimum Gasteiger partial charge on any atom is -0.459 e. The summed E-state index contributed by atoms with van der Waals surface area (Å²) in [6.07, 6.45) is 0.983. The predicted molar refractivity (Wildman–Crippen MR) is 581 cm³/mol. The highest BCUT2D eigenvalue weighted by Crippen LogP contribution is 2.25. The maximum Gasteiger partial charge on any atom is 0.197 e. The number of benzene rings is 16. The lowest BCUT2D eigenvalue weighted by Crippen LogP contribution is -1.92. The van der Waals surface area contributed by atoms with E-state index in [9.17, 15) is 74.6 Å². The third-order valence-corrected chi connectivity index (χ3v) is 21.3. The van der Waals surface area contributed by atoms with Crippen LogP contribution in [0.25, 0.3) is 0 Å². The highest BCUT2D eigenvalue weighted by atomic mass is 35.5. The fraction of sp³-hybridized carbons (Fsp3) is 0.228. The Kier molecular flexibility index (Phi) is 61.5. The van der Waals surface area contributed by atoms with Crippen LogP contribution in [0.15, 0.2) is 298 Å². The molecular formula is C127H137Cl2F17O. The molecule has 0 aromatic heterocycles. The average molecular weight is 2070 g/mol. The molecule has 0 aliphatic rings. The van der Waals surface area contributed by atoms with Gasteiger partial charge in [0.2, 0.25) is 0 Å². The van der Waals surface area contributed by atoms with Gasteiger partial charge in [0.15, 0.2) is 17.4 Å². The van der Waals surface area contributed by atoms with Crippen molar-refractivity contribution >= 4 is 23.2 Å². The summed E-state index contributed by atoms with van der Waals surface area (Å²) in [6.45, 7) is 56.1. The van der Waals surface area contributed by atoms with E-state index in [2.05, 4.69) is 202 Å². The number of hydrogen-bond acceptors (Lipinski definition) is 1. The summed E-state index contributed by atoms with van der Waals surface area (Å²) in [5.74, 6) is -7.87. The zero-order valence-electron chi connectivity index (χ0n) is 89.5. The number of aryl methyl sites for hydroxylation is 25. The summed E-state index contributed by atoms with van der Waals surface area (Å²) in [6, 6.07) is 83.3. The van der Waals surface area contributed by atoms with E-state index in [1.807, 2.05) is 58.9 Å². The number of rotatable bonds is 2. The van der Waals surface area contributed by atoms with E-state index in [1.54, 1.807) is 106 Å². The Morgan fingerprint density at radius 1 is 0.156 bits per heavy atom. The van der Waals surface area contributed by atoms with Crippen LogP contribution < -0.4 is 4.74 Å². The van der Waals surface area contributed by atoms with E-state index < -0.39 is 80.6 Å². The minimum absolute atomic E-state index is 0.0885. The molecule has 20 heteroatoms. The molecular weight excluding hydrogens is 1940 g/mol. The maximum atomic E-state index is 12.9. The first kappa shape index (κ1) is 131. The molecule has 16 rings (SSSR count). The third-order valence-electron chi connectivity index (χ3n) is 20.6. The van der Waals surface area contributed by atoms with Crippen LogP contribution in [0.5, 0.6) is 5.75 Å². The topological polar surface area (TPSA) is 9.23 Å². The van der Waals surface area contributed by atoms with Crippen LogP contribution in [0.3, 0.4) is 0 Å². The monoisotopic (exact) mass is 2070 g/mol. The van der Waals surface area contributed by atoms with Crippen molar-refractivity contribution in [1.82, 2.24) is 0 Å². The van der Waals surface area contributed by atoms with Gasteiger partial charge in [-0.25, -0.2) is 74.6 Å². The fourth-order valence-electron chi connectivity index (χ4n) is 11.2. The first-order chi connectivity index (χ1) is 68.6. The van der Waals surface area contributed by atoms with Crippen molar-refractivity contribution in [1.29, 1.82) is 0 Å². The molecule has 147 heavy (non-hydrogen) atoms. The van der Waals surface area contributed by atoms with Gasteiger partial charge in [-0.1, -0.05) is 261 Å². The molecule has 0 heterocycles. The van der Waals surface area contributed by atoms with E-state index in [1.165, 1.54) is 186 Å². The van der Waals surface area contributed by atoms with E-state index in [0.29, 0.717) is 55.6 Å². The first-order valence-corrected chi connectivity index (χ1v) is 47.4. The second kappa shape index (κ2) is 68.8. The fourth-order valence-corrected chi connectivity index (χ4v) is 11.5. The second-order valence-corrected chi connectivity index (χ2v) is 36.3. The van der Waals surface area contributed by atoms with Crippen LogP contribution in [-0.4, -0.2) is 0 Å². The van der Waals surface area contributed by atoms with Gasteiger partial charge >= 0.3 is 0 Å². The lowest BCUT2D eigenvalue weighted by molar-refractivity contribution is 0.406. The molecule has 0 fully saturated rings. The van der Waals surface area contributed by atoms with Crippen molar-refractivity contribution in [2.24, 2.45) is 0 Å². The smallest absolute Gasteiger partial charge is 0.197 e. The average Bonchev–Trinajstić information content (AvgIpc) is 0.855. The van der Waals surface area contributed by atoms with Crippen molar-refractivity contribution in [2.45, 2.75) is 201 Å². The van der Waals surface area contributed by atoms with Crippen LogP contribution >= 0.6 is 23.2 Å². The van der Waals surface area contributed by atoms with Gasteiger partial charge in [0.25, 0.3) is 0 Å². The van der Waals surface area contributed by atoms with Gasteiger partial charge in [-0.05, 0) is 393 Å². The van der Waals surface area contributed by atoms with Gasteiger partial charge in [-0.2, -0.15) is 0 Å². The number of hydrogen-bond donors (Lipinski definition) is 0. The minimum atomic E-state index is -0.715. The Bertz CT molecular complexity index is 5590. The summed E-state index contributed by atoms with van der Waals surface area (Å²) in [5, 5.41) is -0.258. The molecule has 0 bridgehead atoms. The summed E-state index contributed by atoms with van der Waals surface area (Å²) >= 11 is 10.6. The predicted octanol–water partition coefficient (Wildman–Crippen LogP) is 40.1. The third kappa shape index (κ3) is 56.1. The molecule has 1 nitrogen and oxygen atoms in total. The molecule has 16 aromatic carbocycles. The van der Waals surface area contributed by atoms with E-state index in [4.69, 9.17) is 23.2 Å². The highest BCUT2D eigenvalue weighted by Gasteiger charge is 2.12. The SMILES string of the molecule is C=COc1c(F)cc(C)cc1F.Cc1cc(F)c(C)c(F)c1.Cc1cc(F)c(C)c(F)c1.Cc1cc(F)c(C)c(F)c1.Cc1cc(F)c(C)c(F)c1.Cc1cc(F)c(Cl)c(F)c1.Cc1ccc(C)c(F)c1.Cc1ccc(C)c(F)c1.Cc1ccc(C)c(F)c1.Cc1ccc(C)c(F)c1.Cc1ccc(C)cc1.Cc1ccc(C)cc1.Cc1ccc(C)cc1.Cc1ccc(C)cc1.Cc1ccc(C)cc1.Cc1ccc(Cl)c(F)c1. The Labute approximate surface area is 872 Å².